The van der Waals surface area contributed by atoms with Crippen molar-refractivity contribution in [3.8, 4) is 28.4 Å². The molecule has 0 aliphatic carbocycles. The van der Waals surface area contributed by atoms with E-state index in [2.05, 4.69) is 42.6 Å². The first-order valence-electron chi connectivity index (χ1n) is 10.1. The molecular formula is C21H25N7O. The molecule has 2 unspecified atom stereocenters. The van der Waals surface area contributed by atoms with Gasteiger partial charge in [0.2, 0.25) is 5.88 Å². The summed E-state index contributed by atoms with van der Waals surface area (Å²) >= 11 is 0. The highest BCUT2D eigenvalue weighted by molar-refractivity contribution is 5.70. The highest BCUT2D eigenvalue weighted by Crippen LogP contribution is 2.35. The molecule has 3 aromatic heterocycles. The lowest BCUT2D eigenvalue weighted by Gasteiger charge is -2.36. The Morgan fingerprint density at radius 3 is 2.52 bits per heavy atom. The van der Waals surface area contributed by atoms with Gasteiger partial charge >= 0.3 is 0 Å². The minimum absolute atomic E-state index is 0.469. The molecule has 0 aromatic carbocycles. The molecule has 150 valence electrons. The molecule has 2 aliphatic rings. The van der Waals surface area contributed by atoms with Crippen LogP contribution in [-0.4, -0.2) is 62.6 Å². The van der Waals surface area contributed by atoms with Gasteiger partial charge in [-0.05, 0) is 57.0 Å². The van der Waals surface area contributed by atoms with Gasteiger partial charge in [0.1, 0.15) is 11.5 Å². The Hall–Kier alpha value is -3.00. The van der Waals surface area contributed by atoms with Crippen LogP contribution in [0.5, 0.6) is 5.88 Å². The lowest BCUT2D eigenvalue weighted by atomic mass is 9.98. The summed E-state index contributed by atoms with van der Waals surface area (Å²) in [6.45, 7) is 0. The highest BCUT2D eigenvalue weighted by Gasteiger charge is 2.38. The normalized spacial score (nSPS) is 23.9. The van der Waals surface area contributed by atoms with Crippen LogP contribution in [0.15, 0.2) is 36.7 Å². The van der Waals surface area contributed by atoms with Gasteiger partial charge in [-0.3, -0.25) is 5.10 Å². The van der Waals surface area contributed by atoms with E-state index < -0.39 is 0 Å². The van der Waals surface area contributed by atoms with Crippen LogP contribution in [0.1, 0.15) is 25.7 Å². The molecule has 5 heterocycles. The molecule has 8 nitrogen and oxygen atoms in total. The molecule has 29 heavy (non-hydrogen) atoms. The summed E-state index contributed by atoms with van der Waals surface area (Å²) in [5.41, 5.74) is 3.26. The number of H-pyrrole nitrogens is 1. The number of hydrogen-bond acceptors (Lipinski definition) is 7. The van der Waals surface area contributed by atoms with E-state index in [1.54, 1.807) is 13.3 Å². The average Bonchev–Trinajstić information content (AvgIpc) is 3.34. The van der Waals surface area contributed by atoms with Crippen LogP contribution >= 0.6 is 0 Å². The molecular weight excluding hydrogens is 366 g/mol. The number of aromatic amines is 1. The van der Waals surface area contributed by atoms with Gasteiger partial charge in [0, 0.05) is 35.4 Å². The van der Waals surface area contributed by atoms with Crippen molar-refractivity contribution in [1.82, 2.24) is 30.3 Å². The summed E-state index contributed by atoms with van der Waals surface area (Å²) in [6, 6.07) is 9.70. The first kappa shape index (κ1) is 18.1. The second-order valence-electron chi connectivity index (χ2n) is 7.91. The number of rotatable bonds is 5. The fourth-order valence-corrected chi connectivity index (χ4v) is 4.64. The number of fused-ring (bicyclic) bond motifs is 2. The lowest BCUT2D eigenvalue weighted by Crippen LogP contribution is -2.44. The summed E-state index contributed by atoms with van der Waals surface area (Å²) in [4.78, 5) is 7.15. The number of aromatic nitrogens is 5. The van der Waals surface area contributed by atoms with Crippen LogP contribution in [0.25, 0.3) is 22.5 Å². The largest absolute Gasteiger partial charge is 0.481 e. The average molecular weight is 391 g/mol. The predicted molar refractivity (Wildman–Crippen MR) is 111 cm³/mol. The van der Waals surface area contributed by atoms with Crippen molar-refractivity contribution >= 4 is 5.82 Å². The summed E-state index contributed by atoms with van der Waals surface area (Å²) in [5.74, 6) is 1.36. The van der Waals surface area contributed by atoms with Crippen molar-refractivity contribution in [3.63, 3.8) is 0 Å². The number of pyridine rings is 1. The van der Waals surface area contributed by atoms with Crippen molar-refractivity contribution in [3.05, 3.63) is 36.7 Å². The molecule has 0 amide bonds. The monoisotopic (exact) mass is 391 g/mol. The van der Waals surface area contributed by atoms with Gasteiger partial charge in [0.05, 0.1) is 19.0 Å². The van der Waals surface area contributed by atoms with Gasteiger partial charge < -0.3 is 15.0 Å². The van der Waals surface area contributed by atoms with E-state index in [1.165, 1.54) is 25.7 Å². The number of ether oxygens (including phenoxy) is 1. The molecule has 2 atom stereocenters. The van der Waals surface area contributed by atoms with Crippen LogP contribution in [0, 0.1) is 0 Å². The second-order valence-corrected chi connectivity index (χ2v) is 7.91. The van der Waals surface area contributed by atoms with Crippen molar-refractivity contribution in [2.45, 2.75) is 43.8 Å². The third-order valence-corrected chi connectivity index (χ3v) is 6.24. The fraction of sp³-hybridized carbons (Fsp3) is 0.429. The minimum atomic E-state index is 0.469. The number of anilines is 1. The van der Waals surface area contributed by atoms with E-state index in [0.717, 1.165) is 28.3 Å². The van der Waals surface area contributed by atoms with Gasteiger partial charge in [-0.15, -0.1) is 10.2 Å². The third kappa shape index (κ3) is 3.44. The van der Waals surface area contributed by atoms with Crippen molar-refractivity contribution in [2.24, 2.45) is 0 Å². The van der Waals surface area contributed by atoms with Crippen molar-refractivity contribution < 1.29 is 4.74 Å². The van der Waals surface area contributed by atoms with Crippen LogP contribution < -0.4 is 10.1 Å². The molecule has 3 aromatic rings. The van der Waals surface area contributed by atoms with Gasteiger partial charge in [0.15, 0.2) is 0 Å². The standard InChI is InChI=1S/C21H25N7O/c1-28-15-3-4-16(28)10-14(9-15)24-20-8-7-19(26-27-20)18-6-5-17(21(25-18)29-2)13-11-22-23-12-13/h5-8,11-12,14-16H,3-4,9-10H2,1-2H3,(H,22,23)(H,24,27). The predicted octanol–water partition coefficient (Wildman–Crippen LogP) is 2.97. The third-order valence-electron chi connectivity index (χ3n) is 6.24. The fourth-order valence-electron chi connectivity index (χ4n) is 4.64. The molecule has 2 fully saturated rings. The SMILES string of the molecule is COc1nc(-c2ccc(NC3CC4CCC(C3)N4C)nn2)ccc1-c1cn[nH]c1. The Kier molecular flexibility index (Phi) is 4.63. The smallest absolute Gasteiger partial charge is 0.221 e. The maximum atomic E-state index is 5.47. The van der Waals surface area contributed by atoms with E-state index in [9.17, 15) is 0 Å². The van der Waals surface area contributed by atoms with E-state index in [1.807, 2.05) is 30.5 Å². The Labute approximate surface area is 169 Å². The Morgan fingerprint density at radius 1 is 1.07 bits per heavy atom. The van der Waals surface area contributed by atoms with Crippen molar-refractivity contribution in [1.29, 1.82) is 0 Å². The van der Waals surface area contributed by atoms with E-state index in [4.69, 9.17) is 4.74 Å². The Balaban J connectivity index is 1.31. The molecule has 0 saturated carbocycles. The number of nitrogens with zero attached hydrogens (tertiary/aromatic N) is 5. The maximum Gasteiger partial charge on any atom is 0.221 e. The zero-order valence-corrected chi connectivity index (χ0v) is 16.7. The van der Waals surface area contributed by atoms with E-state index in [-0.39, 0.29) is 0 Å². The van der Waals surface area contributed by atoms with Crippen LogP contribution in [0.3, 0.4) is 0 Å². The molecule has 8 heteroatoms. The quantitative estimate of drug-likeness (QED) is 0.691. The Bertz CT molecular complexity index is 959. The number of methoxy groups -OCH3 is 1. The molecule has 0 radical (unpaired) electrons. The lowest BCUT2D eigenvalue weighted by molar-refractivity contribution is 0.168. The van der Waals surface area contributed by atoms with Crippen LogP contribution in [0.2, 0.25) is 0 Å². The first-order valence-corrected chi connectivity index (χ1v) is 10.1. The first-order chi connectivity index (χ1) is 14.2. The van der Waals surface area contributed by atoms with E-state index in [0.29, 0.717) is 24.0 Å². The molecule has 2 saturated heterocycles. The summed E-state index contributed by atoms with van der Waals surface area (Å²) in [6.07, 6.45) is 8.53. The number of piperidine rings is 1. The molecule has 2 N–H and O–H groups in total. The summed E-state index contributed by atoms with van der Waals surface area (Å²) in [5, 5.41) is 19.2. The summed E-state index contributed by atoms with van der Waals surface area (Å²) in [7, 11) is 3.87. The van der Waals surface area contributed by atoms with Gasteiger partial charge in [-0.25, -0.2) is 4.98 Å². The zero-order chi connectivity index (χ0) is 19.8. The molecule has 0 spiro atoms. The molecule has 5 rings (SSSR count). The van der Waals surface area contributed by atoms with Gasteiger partial charge in [0.25, 0.3) is 0 Å². The Morgan fingerprint density at radius 2 is 1.86 bits per heavy atom. The zero-order valence-electron chi connectivity index (χ0n) is 16.7. The number of nitrogens with one attached hydrogen (secondary N) is 2. The number of hydrogen-bond donors (Lipinski definition) is 2. The van der Waals surface area contributed by atoms with Crippen molar-refractivity contribution in [2.75, 3.05) is 19.5 Å². The van der Waals surface area contributed by atoms with E-state index >= 15 is 0 Å². The topological polar surface area (TPSA) is 91.8 Å². The van der Waals surface area contributed by atoms with Gasteiger partial charge in [-0.1, -0.05) is 0 Å². The van der Waals surface area contributed by atoms with Gasteiger partial charge in [-0.2, -0.15) is 5.10 Å². The molecule has 2 aliphatic heterocycles. The van der Waals surface area contributed by atoms with Crippen LogP contribution in [0.4, 0.5) is 5.82 Å². The minimum Gasteiger partial charge on any atom is -0.481 e. The highest BCUT2D eigenvalue weighted by atomic mass is 16.5. The second kappa shape index (κ2) is 7.44. The summed E-state index contributed by atoms with van der Waals surface area (Å²) < 4.78 is 5.47. The van der Waals surface area contributed by atoms with Crippen LogP contribution in [-0.2, 0) is 0 Å². The maximum absolute atomic E-state index is 5.47. The molecule has 2 bridgehead atoms.